The Kier molecular flexibility index (Phi) is 14.7. The fraction of sp³-hybridized carbons (Fsp3) is 0.105. The molecule has 3 nitrogen and oxygen atoms in total. The zero-order valence-corrected chi connectivity index (χ0v) is 45.3. The van der Waals surface area contributed by atoms with Gasteiger partial charge in [0.1, 0.15) is 0 Å². The highest BCUT2D eigenvalue weighted by Gasteiger charge is 2.26. The van der Waals surface area contributed by atoms with E-state index >= 15 is 0 Å². The van der Waals surface area contributed by atoms with Crippen molar-refractivity contribution in [1.82, 2.24) is 4.90 Å². The van der Waals surface area contributed by atoms with Crippen LogP contribution in [0.2, 0.25) is 0 Å². The summed E-state index contributed by atoms with van der Waals surface area (Å²) in [6.45, 7) is 6.61. The average Bonchev–Trinajstić information content (AvgIpc) is 4.33. The molecule has 0 saturated heterocycles. The van der Waals surface area contributed by atoms with Crippen LogP contribution < -0.4 is 9.80 Å². The van der Waals surface area contributed by atoms with E-state index in [-0.39, 0.29) is 0 Å². The highest BCUT2D eigenvalue weighted by atomic mass is 15.2. The summed E-state index contributed by atoms with van der Waals surface area (Å²) in [5.41, 5.74) is 23.7. The third kappa shape index (κ3) is 11.1. The third-order valence-corrected chi connectivity index (χ3v) is 15.4. The van der Waals surface area contributed by atoms with Crippen molar-refractivity contribution >= 4 is 45.2 Å². The topological polar surface area (TPSA) is 9.49 Å². The summed E-state index contributed by atoms with van der Waals surface area (Å²) >= 11 is 0. The maximum Gasteiger partial charge on any atom is 0.0574 e. The second-order valence-corrected chi connectivity index (χ2v) is 20.9. The fourth-order valence-corrected chi connectivity index (χ4v) is 11.2. The molecule has 0 fully saturated rings. The van der Waals surface area contributed by atoms with Gasteiger partial charge in [-0.25, -0.2) is 0 Å². The summed E-state index contributed by atoms with van der Waals surface area (Å²) in [4.78, 5) is 7.03. The smallest absolute Gasteiger partial charge is 0.0574 e. The van der Waals surface area contributed by atoms with Crippen molar-refractivity contribution in [2.24, 2.45) is 0 Å². The predicted molar refractivity (Wildman–Crippen MR) is 336 cm³/mol. The number of allylic oxidation sites excluding steroid dienone is 7. The van der Waals surface area contributed by atoms with Crippen LogP contribution >= 0.6 is 0 Å². The minimum Gasteiger partial charge on any atom is -0.337 e. The normalized spacial score (nSPS) is 15.1. The van der Waals surface area contributed by atoms with Gasteiger partial charge in [-0.15, -0.1) is 0 Å². The van der Waals surface area contributed by atoms with Gasteiger partial charge in [0.05, 0.1) is 11.7 Å². The van der Waals surface area contributed by atoms with Gasteiger partial charge < -0.3 is 14.7 Å². The van der Waals surface area contributed by atoms with Gasteiger partial charge in [-0.1, -0.05) is 226 Å². The maximum absolute atomic E-state index is 2.39. The number of hydrogen-bond donors (Lipinski definition) is 0. The third-order valence-electron chi connectivity index (χ3n) is 15.4. The molecular weight excluding hydrogens is 955 g/mol. The molecule has 1 unspecified atom stereocenters. The van der Waals surface area contributed by atoms with Crippen LogP contribution in [-0.2, 0) is 0 Å². The number of hydrogen-bond acceptors (Lipinski definition) is 3. The summed E-state index contributed by atoms with van der Waals surface area (Å²) in [5.74, 6) is 0.421. The molecule has 0 spiro atoms. The van der Waals surface area contributed by atoms with E-state index in [1.165, 1.54) is 61.5 Å². The molecule has 0 aromatic heterocycles. The molecule has 9 aromatic carbocycles. The number of para-hydroxylation sites is 3. The lowest BCUT2D eigenvalue weighted by Crippen LogP contribution is -2.17. The Morgan fingerprint density at radius 3 is 1.28 bits per heavy atom. The Morgan fingerprint density at radius 2 is 0.861 bits per heavy atom. The van der Waals surface area contributed by atoms with Gasteiger partial charge in [0.25, 0.3) is 0 Å². The van der Waals surface area contributed by atoms with Gasteiger partial charge in [0.15, 0.2) is 0 Å². The van der Waals surface area contributed by atoms with Gasteiger partial charge in [0, 0.05) is 40.3 Å². The van der Waals surface area contributed by atoms with Crippen LogP contribution in [0.1, 0.15) is 79.3 Å². The Morgan fingerprint density at radius 1 is 0.443 bits per heavy atom. The summed E-state index contributed by atoms with van der Waals surface area (Å²) in [6, 6.07) is 87.2. The standard InChI is InChI=1S/C76H65N3/c1-4-17-74-54-77(74)67-48-42-60(43-49-67)57-28-36-64(37-29-57)75(63-34-26-56(27-35-63)55(2)3)76(65-38-30-58(31-39-65)61-44-50-72(51-45-61)78(68-18-9-5-10-19-68)69-20-11-6-12-21-69)66-40-32-59(33-41-66)62-46-52-73(53-47-62)79(70-22-13-7-14-23-70)71-24-15-8-16-25-71/h4-7,9-15,17-48,50-55,67H,8,16,49H2,1-3H3/b17-4-,76-75+. The molecule has 1 atom stereocenters. The first-order valence-corrected chi connectivity index (χ1v) is 28.0. The second kappa shape index (κ2) is 23.0. The lowest BCUT2D eigenvalue weighted by atomic mass is 9.84. The molecule has 1 heterocycles. The molecule has 2 aliphatic carbocycles. The van der Waals surface area contributed by atoms with Crippen molar-refractivity contribution < 1.29 is 0 Å². The van der Waals surface area contributed by atoms with E-state index in [0.29, 0.717) is 12.0 Å². The van der Waals surface area contributed by atoms with Crippen molar-refractivity contribution in [3.05, 3.63) is 336 Å². The van der Waals surface area contributed by atoms with Gasteiger partial charge in [0.2, 0.25) is 0 Å². The van der Waals surface area contributed by atoms with Gasteiger partial charge in [-0.05, 0) is 177 Å². The van der Waals surface area contributed by atoms with Crippen molar-refractivity contribution in [1.29, 1.82) is 0 Å². The zero-order valence-electron chi connectivity index (χ0n) is 45.3. The van der Waals surface area contributed by atoms with E-state index in [2.05, 4.69) is 327 Å². The first-order valence-electron chi connectivity index (χ1n) is 28.0. The minimum absolute atomic E-state index is 0.369. The van der Waals surface area contributed by atoms with Crippen LogP contribution in [0, 0.1) is 0 Å². The molecule has 0 bridgehead atoms. The molecule has 3 aliphatic rings. The molecule has 0 saturated carbocycles. The Hall–Kier alpha value is -9.44. The van der Waals surface area contributed by atoms with Gasteiger partial charge >= 0.3 is 0 Å². The van der Waals surface area contributed by atoms with Gasteiger partial charge in [-0.2, -0.15) is 0 Å². The van der Waals surface area contributed by atoms with Crippen molar-refractivity contribution in [3.8, 4) is 22.3 Å². The van der Waals surface area contributed by atoms with Crippen LogP contribution in [-0.4, -0.2) is 10.9 Å². The van der Waals surface area contributed by atoms with Crippen molar-refractivity contribution in [3.63, 3.8) is 0 Å². The van der Waals surface area contributed by atoms with Crippen LogP contribution in [0.15, 0.2) is 303 Å². The second-order valence-electron chi connectivity index (χ2n) is 20.9. The summed E-state index contributed by atoms with van der Waals surface area (Å²) in [6.07, 6.45) is 23.5. The molecular formula is C76H65N3. The number of nitrogens with zero attached hydrogens (tertiary/aromatic N) is 3. The number of benzene rings is 9. The molecule has 1 aliphatic heterocycles. The average molecular weight is 1020 g/mol. The van der Waals surface area contributed by atoms with E-state index in [1.54, 1.807) is 0 Å². The van der Waals surface area contributed by atoms with E-state index in [9.17, 15) is 0 Å². The highest BCUT2D eigenvalue weighted by Crippen LogP contribution is 2.42. The van der Waals surface area contributed by atoms with Crippen molar-refractivity contribution in [2.75, 3.05) is 9.80 Å². The Balaban J connectivity index is 0.924. The summed E-state index contributed by atoms with van der Waals surface area (Å²) < 4.78 is 0. The SMILES string of the molecule is C/C=C\C1=CN1C1C=CC(c2ccc(/C(=C(/c3ccc(-c4ccc(N(C5=CCCC=C5)c5ccccc5)cc4)cc3)c3ccc(-c4ccc(N(c5ccccc5)c5ccccc5)cc4)cc3)c3ccc(C(C)C)cc3)cc2)=CC1. The van der Waals surface area contributed by atoms with Crippen LogP contribution in [0.25, 0.3) is 39.0 Å². The Bertz CT molecular complexity index is 3730. The molecule has 9 aromatic rings. The first-order chi connectivity index (χ1) is 39.0. The van der Waals surface area contributed by atoms with E-state index in [0.717, 1.165) is 70.0 Å². The summed E-state index contributed by atoms with van der Waals surface area (Å²) in [7, 11) is 0. The first kappa shape index (κ1) is 50.4. The molecule has 0 N–H and O–H groups in total. The summed E-state index contributed by atoms with van der Waals surface area (Å²) in [5, 5.41) is 0. The van der Waals surface area contributed by atoms with Crippen LogP contribution in [0.4, 0.5) is 28.4 Å². The number of anilines is 5. The lowest BCUT2D eigenvalue weighted by Gasteiger charge is -2.27. The zero-order chi connectivity index (χ0) is 53.5. The van der Waals surface area contributed by atoms with E-state index in [4.69, 9.17) is 0 Å². The monoisotopic (exact) mass is 1020 g/mol. The molecule has 0 radical (unpaired) electrons. The van der Waals surface area contributed by atoms with Crippen LogP contribution in [0.3, 0.4) is 0 Å². The van der Waals surface area contributed by atoms with E-state index in [1.807, 2.05) is 0 Å². The molecule has 384 valence electrons. The minimum atomic E-state index is 0.369. The molecule has 3 heteroatoms. The van der Waals surface area contributed by atoms with Crippen LogP contribution in [0.5, 0.6) is 0 Å². The fourth-order valence-electron chi connectivity index (χ4n) is 11.2. The lowest BCUT2D eigenvalue weighted by molar-refractivity contribution is 0.492. The molecule has 0 amide bonds. The molecule has 12 rings (SSSR count). The predicted octanol–water partition coefficient (Wildman–Crippen LogP) is 20.4. The largest absolute Gasteiger partial charge is 0.337 e. The van der Waals surface area contributed by atoms with E-state index < -0.39 is 0 Å². The molecule has 79 heavy (non-hydrogen) atoms. The van der Waals surface area contributed by atoms with Crippen molar-refractivity contribution in [2.45, 2.75) is 52.0 Å². The quantitative estimate of drug-likeness (QED) is 0.0893. The Labute approximate surface area is 467 Å². The van der Waals surface area contributed by atoms with Gasteiger partial charge in [-0.3, -0.25) is 0 Å². The maximum atomic E-state index is 2.39. The number of rotatable bonds is 16. The highest BCUT2D eigenvalue weighted by molar-refractivity contribution is 6.05.